The zero-order chi connectivity index (χ0) is 21.0. The minimum absolute atomic E-state index is 0.195. The Morgan fingerprint density at radius 3 is 2.43 bits per heavy atom. The molecule has 0 radical (unpaired) electrons. The summed E-state index contributed by atoms with van der Waals surface area (Å²) in [5.74, 6) is 0.490. The van der Waals surface area contributed by atoms with E-state index < -0.39 is 0 Å². The molecule has 3 N–H and O–H groups in total. The van der Waals surface area contributed by atoms with E-state index in [1.54, 1.807) is 31.1 Å². The van der Waals surface area contributed by atoms with Gasteiger partial charge >= 0.3 is 0 Å². The number of anilines is 1. The summed E-state index contributed by atoms with van der Waals surface area (Å²) in [4.78, 5) is 1.72. The molecule has 2 aromatic rings. The average Bonchev–Trinajstić information content (AvgIpc) is 2.59. The van der Waals surface area contributed by atoms with Crippen LogP contribution in [0.1, 0.15) is 48.9 Å². The van der Waals surface area contributed by atoms with Gasteiger partial charge in [0.1, 0.15) is 17.4 Å². The summed E-state index contributed by atoms with van der Waals surface area (Å²) in [5.41, 5.74) is 10.7. The van der Waals surface area contributed by atoms with Crippen molar-refractivity contribution >= 4 is 17.2 Å². The Balaban J connectivity index is 2.23. The van der Waals surface area contributed by atoms with Gasteiger partial charge in [0, 0.05) is 26.1 Å². The summed E-state index contributed by atoms with van der Waals surface area (Å²) in [6, 6.07) is 8.70. The molecule has 0 saturated heterocycles. The molecule has 0 heterocycles. The van der Waals surface area contributed by atoms with Crippen LogP contribution in [0.25, 0.3) is 0 Å². The third kappa shape index (κ3) is 5.09. The highest BCUT2D eigenvalue weighted by molar-refractivity contribution is 6.00. The third-order valence-electron chi connectivity index (χ3n) is 4.59. The van der Waals surface area contributed by atoms with Crippen LogP contribution in [0.3, 0.4) is 0 Å². The Hall–Kier alpha value is -2.89. The lowest BCUT2D eigenvalue weighted by Gasteiger charge is -2.14. The number of hydrogen-bond donors (Lipinski definition) is 2. The van der Waals surface area contributed by atoms with E-state index in [0.29, 0.717) is 23.7 Å². The van der Waals surface area contributed by atoms with Crippen molar-refractivity contribution in [3.8, 4) is 5.75 Å². The second-order valence-electron chi connectivity index (χ2n) is 7.51. The van der Waals surface area contributed by atoms with E-state index in [-0.39, 0.29) is 17.5 Å². The maximum Gasteiger partial charge on any atom is 0.146 e. The van der Waals surface area contributed by atoms with E-state index in [0.717, 1.165) is 22.3 Å². The van der Waals surface area contributed by atoms with E-state index in [9.17, 15) is 9.50 Å². The molecule has 0 saturated carbocycles. The van der Waals surface area contributed by atoms with Crippen molar-refractivity contribution in [3.63, 3.8) is 0 Å². The first-order valence-corrected chi connectivity index (χ1v) is 9.26. The molecule has 0 aromatic heterocycles. The Bertz CT molecular complexity index is 917. The lowest BCUT2D eigenvalue weighted by atomic mass is 9.95. The molecule has 0 spiro atoms. The quantitative estimate of drug-likeness (QED) is 0.442. The van der Waals surface area contributed by atoms with Crippen LogP contribution in [0.15, 0.2) is 40.5 Å². The van der Waals surface area contributed by atoms with Crippen molar-refractivity contribution in [2.24, 2.45) is 15.9 Å². The summed E-state index contributed by atoms with van der Waals surface area (Å²) >= 11 is 0. The minimum atomic E-state index is -0.295. The number of benzene rings is 2. The van der Waals surface area contributed by atoms with Crippen LogP contribution in [0.2, 0.25) is 0 Å². The molecular formula is C22H29FN4O. The van der Waals surface area contributed by atoms with E-state index >= 15 is 0 Å². The van der Waals surface area contributed by atoms with Crippen LogP contribution in [0, 0.1) is 12.7 Å². The molecule has 5 nitrogen and oxygen atoms in total. The Kier molecular flexibility index (Phi) is 6.78. The molecule has 28 heavy (non-hydrogen) atoms. The predicted octanol–water partition coefficient (Wildman–Crippen LogP) is 4.35. The Labute approximate surface area is 166 Å². The fourth-order valence-electron chi connectivity index (χ4n) is 3.02. The largest absolute Gasteiger partial charge is 0.508 e. The number of nitrogens with zero attached hydrogens (tertiary/aromatic N) is 3. The fourth-order valence-corrected chi connectivity index (χ4v) is 3.02. The Morgan fingerprint density at radius 2 is 1.86 bits per heavy atom. The first-order chi connectivity index (χ1) is 13.1. The number of amidine groups is 1. The van der Waals surface area contributed by atoms with Crippen molar-refractivity contribution in [1.82, 2.24) is 0 Å². The molecular weight excluding hydrogens is 355 g/mol. The molecule has 0 aliphatic heterocycles. The van der Waals surface area contributed by atoms with Gasteiger partial charge in [0.25, 0.3) is 0 Å². The number of aromatic hydroxyl groups is 1. The molecule has 0 atom stereocenters. The van der Waals surface area contributed by atoms with Gasteiger partial charge in [-0.15, -0.1) is 5.10 Å². The molecule has 0 bridgehead atoms. The van der Waals surface area contributed by atoms with Gasteiger partial charge in [-0.3, -0.25) is 0 Å². The molecule has 0 aliphatic rings. The van der Waals surface area contributed by atoms with Crippen LogP contribution >= 0.6 is 0 Å². The highest BCUT2D eigenvalue weighted by Gasteiger charge is 2.12. The summed E-state index contributed by atoms with van der Waals surface area (Å²) in [6.45, 7) is 7.82. The topological polar surface area (TPSA) is 74.2 Å². The third-order valence-corrected chi connectivity index (χ3v) is 4.59. The number of nitrogens with two attached hydrogens (primary N) is 1. The highest BCUT2D eigenvalue weighted by atomic mass is 19.1. The van der Waals surface area contributed by atoms with Crippen molar-refractivity contribution in [3.05, 3.63) is 58.4 Å². The summed E-state index contributed by atoms with van der Waals surface area (Å²) in [6.07, 6.45) is 0.313. The van der Waals surface area contributed by atoms with Gasteiger partial charge in [0.05, 0.1) is 11.4 Å². The molecule has 2 rings (SSSR count). The van der Waals surface area contributed by atoms with Gasteiger partial charge < -0.3 is 15.7 Å². The number of phenols is 1. The first-order valence-electron chi connectivity index (χ1n) is 9.26. The van der Waals surface area contributed by atoms with Gasteiger partial charge in [-0.05, 0) is 60.7 Å². The standard InChI is InChI=1S/C22H29FN4O/c1-13(2)17-12-18(14(3)9-21(17)28)15(4)25-26-22(24)11-16-7-8-20(27(5)6)19(23)10-16/h7-10,12-13,28H,11H2,1-6H3,(H2,24,26)/b25-15+. The predicted molar refractivity (Wildman–Crippen MR) is 115 cm³/mol. The summed E-state index contributed by atoms with van der Waals surface area (Å²) in [5, 5.41) is 18.5. The smallest absolute Gasteiger partial charge is 0.146 e. The van der Waals surface area contributed by atoms with Crippen LogP contribution in [0.5, 0.6) is 5.75 Å². The van der Waals surface area contributed by atoms with Crippen LogP contribution in [-0.2, 0) is 6.42 Å². The number of hydrogen-bond acceptors (Lipinski definition) is 4. The number of halogens is 1. The Morgan fingerprint density at radius 1 is 1.18 bits per heavy atom. The van der Waals surface area contributed by atoms with Gasteiger partial charge in [-0.2, -0.15) is 5.10 Å². The van der Waals surface area contributed by atoms with E-state index in [2.05, 4.69) is 10.2 Å². The molecule has 150 valence electrons. The first kappa shape index (κ1) is 21.4. The molecule has 6 heteroatoms. The monoisotopic (exact) mass is 384 g/mol. The second-order valence-corrected chi connectivity index (χ2v) is 7.51. The number of phenolic OH excluding ortho intramolecular Hbond substituents is 1. The summed E-state index contributed by atoms with van der Waals surface area (Å²) < 4.78 is 14.1. The normalized spacial score (nSPS) is 12.6. The minimum Gasteiger partial charge on any atom is -0.508 e. The maximum atomic E-state index is 14.1. The van der Waals surface area contributed by atoms with Crippen molar-refractivity contribution in [1.29, 1.82) is 0 Å². The van der Waals surface area contributed by atoms with E-state index in [4.69, 9.17) is 5.73 Å². The SMILES string of the molecule is C/C(=N\N=C(\N)Cc1ccc(N(C)C)c(F)c1)c1cc(C(C)C)c(O)cc1C. The molecule has 2 aromatic carbocycles. The molecule has 0 unspecified atom stereocenters. The molecule has 0 amide bonds. The average molecular weight is 384 g/mol. The second kappa shape index (κ2) is 8.87. The highest BCUT2D eigenvalue weighted by Crippen LogP contribution is 2.29. The van der Waals surface area contributed by atoms with Gasteiger partial charge in [0.2, 0.25) is 0 Å². The van der Waals surface area contributed by atoms with E-state index in [1.807, 2.05) is 39.8 Å². The molecule has 0 fully saturated rings. The van der Waals surface area contributed by atoms with Gasteiger partial charge in [-0.1, -0.05) is 19.9 Å². The van der Waals surface area contributed by atoms with Crippen molar-refractivity contribution in [2.75, 3.05) is 19.0 Å². The van der Waals surface area contributed by atoms with Crippen molar-refractivity contribution < 1.29 is 9.50 Å². The van der Waals surface area contributed by atoms with Gasteiger partial charge in [0.15, 0.2) is 0 Å². The lowest BCUT2D eigenvalue weighted by Crippen LogP contribution is -2.16. The van der Waals surface area contributed by atoms with Gasteiger partial charge in [-0.25, -0.2) is 4.39 Å². The van der Waals surface area contributed by atoms with E-state index in [1.165, 1.54) is 6.07 Å². The number of aryl methyl sites for hydroxylation is 1. The zero-order valence-electron chi connectivity index (χ0n) is 17.4. The van der Waals surface area contributed by atoms with Crippen molar-refractivity contribution in [2.45, 2.75) is 40.0 Å². The van der Waals surface area contributed by atoms with Crippen LogP contribution in [0.4, 0.5) is 10.1 Å². The number of rotatable bonds is 6. The summed E-state index contributed by atoms with van der Waals surface area (Å²) in [7, 11) is 3.59. The fraction of sp³-hybridized carbons (Fsp3) is 0.364. The van der Waals surface area contributed by atoms with Crippen LogP contribution < -0.4 is 10.6 Å². The van der Waals surface area contributed by atoms with Crippen LogP contribution in [-0.4, -0.2) is 30.7 Å². The lowest BCUT2D eigenvalue weighted by molar-refractivity contribution is 0.464. The maximum absolute atomic E-state index is 14.1. The molecule has 0 aliphatic carbocycles. The zero-order valence-corrected chi connectivity index (χ0v) is 17.4.